The molecule has 2 aliphatic heterocycles. The molecule has 0 N–H and O–H groups in total. The number of hydrogen-bond acceptors (Lipinski definition) is 2. The van der Waals surface area contributed by atoms with E-state index in [1.54, 1.807) is 0 Å². The summed E-state index contributed by atoms with van der Waals surface area (Å²) in [6, 6.07) is 0. The summed E-state index contributed by atoms with van der Waals surface area (Å²) in [6.07, 6.45) is 14.8. The fraction of sp³-hybridized carbons (Fsp3) is 0.333. The van der Waals surface area contributed by atoms with Crippen LogP contribution in [0.1, 0.15) is 40.5 Å². The molecule has 0 fully saturated rings. The van der Waals surface area contributed by atoms with E-state index in [4.69, 9.17) is 9.98 Å². The van der Waals surface area contributed by atoms with Gasteiger partial charge in [-0.2, -0.15) is 0 Å². The summed E-state index contributed by atoms with van der Waals surface area (Å²) in [5.74, 6) is 0. The Kier molecular flexibility index (Phi) is 7.62. The van der Waals surface area contributed by atoms with Gasteiger partial charge in [0.1, 0.15) is 0 Å². The van der Waals surface area contributed by atoms with Gasteiger partial charge in [-0.15, -0.1) is 0 Å². The van der Waals surface area contributed by atoms with Gasteiger partial charge in [0.15, 0.2) is 0 Å². The molecule has 4 rings (SSSR count). The van der Waals surface area contributed by atoms with E-state index < -0.39 is 0 Å². The van der Waals surface area contributed by atoms with E-state index in [0.29, 0.717) is 0 Å². The Balaban J connectivity index is 0.00000113. The average molecular weight is 465 g/mol. The maximum Gasteiger partial charge on any atom is 2.00 e. The van der Waals surface area contributed by atoms with Crippen molar-refractivity contribution >= 4 is 11.4 Å². The van der Waals surface area contributed by atoms with E-state index in [1.807, 2.05) is 0 Å². The van der Waals surface area contributed by atoms with E-state index in [-0.39, 0.29) is 56.4 Å². The molecule has 134 valence electrons. The first-order valence-corrected chi connectivity index (χ1v) is 8.50. The minimum absolute atomic E-state index is 0. The molecule has 0 spiro atoms. The first-order valence-electron chi connectivity index (χ1n) is 8.50. The van der Waals surface area contributed by atoms with Crippen molar-refractivity contribution in [1.29, 1.82) is 0 Å². The fourth-order valence-corrected chi connectivity index (χ4v) is 4.18. The molecule has 0 aromatic heterocycles. The van der Waals surface area contributed by atoms with Gasteiger partial charge < -0.3 is 24.8 Å². The molecule has 0 saturated carbocycles. The second-order valence-electron chi connectivity index (χ2n) is 6.85. The van der Waals surface area contributed by atoms with Crippen LogP contribution in [0, 0.1) is 5.41 Å². The van der Waals surface area contributed by atoms with Crippen molar-refractivity contribution in [2.24, 2.45) is 15.4 Å². The molecule has 4 aliphatic rings. The number of allylic oxidation sites excluding steroid dienone is 8. The van der Waals surface area contributed by atoms with Crippen LogP contribution in [0.25, 0.3) is 0 Å². The molecule has 5 heteroatoms. The SMILES string of the molecule is CCC1=NC2=CC=CC2=C1C(C)(C)C1=C2C=CC=C2N=C1CC.[Cl-].[Cl-].[Zr+2]. The largest absolute Gasteiger partial charge is 2.00 e. The summed E-state index contributed by atoms with van der Waals surface area (Å²) in [7, 11) is 0. The van der Waals surface area contributed by atoms with Crippen LogP contribution in [0.3, 0.4) is 0 Å². The van der Waals surface area contributed by atoms with Crippen molar-refractivity contribution < 1.29 is 51.0 Å². The summed E-state index contributed by atoms with van der Waals surface area (Å²) in [6.45, 7) is 9.06. The maximum atomic E-state index is 4.87. The van der Waals surface area contributed by atoms with Gasteiger partial charge in [0, 0.05) is 28.0 Å². The molecule has 0 radical (unpaired) electrons. The molecule has 0 atom stereocenters. The quantitative estimate of drug-likeness (QED) is 0.523. The molecular weight excluding hydrogens is 442 g/mol. The predicted octanol–water partition coefficient (Wildman–Crippen LogP) is -0.752. The second-order valence-corrected chi connectivity index (χ2v) is 6.85. The van der Waals surface area contributed by atoms with Gasteiger partial charge in [-0.1, -0.05) is 52.0 Å². The summed E-state index contributed by atoms with van der Waals surface area (Å²) >= 11 is 0. The van der Waals surface area contributed by atoms with Crippen molar-refractivity contribution in [2.45, 2.75) is 40.5 Å². The van der Waals surface area contributed by atoms with E-state index in [0.717, 1.165) is 24.2 Å². The Labute approximate surface area is 187 Å². The third kappa shape index (κ3) is 3.28. The number of aliphatic imine (C=N–C) groups is 2. The topological polar surface area (TPSA) is 24.7 Å². The number of hydrogen-bond donors (Lipinski definition) is 0. The van der Waals surface area contributed by atoms with Crippen LogP contribution < -0.4 is 24.8 Å². The van der Waals surface area contributed by atoms with Gasteiger partial charge in [-0.25, -0.2) is 0 Å². The zero-order chi connectivity index (χ0) is 16.2. The monoisotopic (exact) mass is 462 g/mol. The van der Waals surface area contributed by atoms with Crippen LogP contribution in [-0.4, -0.2) is 11.4 Å². The van der Waals surface area contributed by atoms with Crippen molar-refractivity contribution in [3.05, 3.63) is 70.1 Å². The molecule has 2 nitrogen and oxygen atoms in total. The number of nitrogens with zero attached hydrogens (tertiary/aromatic N) is 2. The molecular formula is C21H22Cl2N2Zr. The second kappa shape index (κ2) is 8.50. The predicted molar refractivity (Wildman–Crippen MR) is 97.7 cm³/mol. The number of rotatable bonds is 4. The zero-order valence-corrected chi connectivity index (χ0v) is 19.5. The smallest absolute Gasteiger partial charge is 1.00 e. The van der Waals surface area contributed by atoms with Gasteiger partial charge in [0.2, 0.25) is 0 Å². The number of halogens is 2. The summed E-state index contributed by atoms with van der Waals surface area (Å²) in [5, 5.41) is 0. The summed E-state index contributed by atoms with van der Waals surface area (Å²) in [4.78, 5) is 9.74. The Morgan fingerprint density at radius 2 is 1.15 bits per heavy atom. The fourth-order valence-electron chi connectivity index (χ4n) is 4.18. The molecule has 0 saturated heterocycles. The average Bonchev–Trinajstić information content (AvgIpc) is 3.24. The molecule has 0 aromatic carbocycles. The Bertz CT molecular complexity index is 792. The normalized spacial score (nSPS) is 19.2. The van der Waals surface area contributed by atoms with Gasteiger partial charge in [0.05, 0.1) is 11.4 Å². The Morgan fingerprint density at radius 1 is 0.769 bits per heavy atom. The van der Waals surface area contributed by atoms with E-state index >= 15 is 0 Å². The van der Waals surface area contributed by atoms with Gasteiger partial charge in [-0.3, -0.25) is 9.98 Å². The van der Waals surface area contributed by atoms with E-state index in [9.17, 15) is 0 Å². The molecule has 0 amide bonds. The molecule has 2 heterocycles. The molecule has 26 heavy (non-hydrogen) atoms. The van der Waals surface area contributed by atoms with E-state index in [1.165, 1.54) is 33.7 Å². The van der Waals surface area contributed by atoms with Crippen LogP contribution >= 0.6 is 0 Å². The standard InChI is InChI=1S/C21H22N2.2ClH.Zr/c1-5-15-19(13-9-7-11-17(13)22-15)21(3,4)20-14-10-8-12-18(14)23-16(20)6-2;;;/h7-12H,5-6H2,1-4H3;2*1H;/q;;;+2/p-2. The zero-order valence-electron chi connectivity index (χ0n) is 15.5. The summed E-state index contributed by atoms with van der Waals surface area (Å²) in [5.41, 5.74) is 9.97. The molecule has 0 aromatic rings. The molecule has 0 bridgehead atoms. The summed E-state index contributed by atoms with van der Waals surface area (Å²) < 4.78 is 0. The van der Waals surface area contributed by atoms with Crippen LogP contribution in [0.4, 0.5) is 0 Å². The van der Waals surface area contributed by atoms with Crippen LogP contribution in [0.5, 0.6) is 0 Å². The van der Waals surface area contributed by atoms with Gasteiger partial charge in [-0.05, 0) is 36.1 Å². The van der Waals surface area contributed by atoms with E-state index in [2.05, 4.69) is 64.2 Å². The third-order valence-electron chi connectivity index (χ3n) is 5.13. The Morgan fingerprint density at radius 3 is 1.50 bits per heavy atom. The molecule has 2 aliphatic carbocycles. The van der Waals surface area contributed by atoms with Crippen molar-refractivity contribution in [3.8, 4) is 0 Å². The van der Waals surface area contributed by atoms with Crippen LogP contribution in [0.2, 0.25) is 0 Å². The van der Waals surface area contributed by atoms with Crippen molar-refractivity contribution in [3.63, 3.8) is 0 Å². The van der Waals surface area contributed by atoms with Crippen molar-refractivity contribution in [1.82, 2.24) is 0 Å². The minimum atomic E-state index is -0.0944. The first-order chi connectivity index (χ1) is 11.1. The number of fused-ring (bicyclic) bond motifs is 2. The Hall–Kier alpha value is -0.757. The van der Waals surface area contributed by atoms with Crippen LogP contribution in [-0.2, 0) is 26.2 Å². The van der Waals surface area contributed by atoms with Crippen molar-refractivity contribution in [2.75, 3.05) is 0 Å². The third-order valence-corrected chi connectivity index (χ3v) is 5.13. The first kappa shape index (κ1) is 23.3. The maximum absolute atomic E-state index is 4.87. The molecule has 0 unspecified atom stereocenters. The van der Waals surface area contributed by atoms with Gasteiger partial charge in [0.25, 0.3) is 0 Å². The minimum Gasteiger partial charge on any atom is -1.00 e. The van der Waals surface area contributed by atoms with Gasteiger partial charge >= 0.3 is 26.2 Å². The van der Waals surface area contributed by atoms with Crippen LogP contribution in [0.15, 0.2) is 80.1 Å².